The lowest BCUT2D eigenvalue weighted by Gasteiger charge is -2.61. The van der Waals surface area contributed by atoms with Crippen LogP contribution in [0.2, 0.25) is 19.1 Å². The molecule has 2 unspecified atom stereocenters. The minimum Gasteiger partial charge on any atom is -0.414 e. The molecule has 3 heteroatoms. The fraction of sp³-hybridized carbons (Fsp3) is 0.963. The smallest absolute Gasteiger partial charge is 0.187 e. The van der Waals surface area contributed by atoms with Crippen LogP contribution in [0, 0.1) is 46.3 Å². The molecule has 0 aromatic heterocycles. The molecule has 0 bridgehead atoms. The van der Waals surface area contributed by atoms with Crippen molar-refractivity contribution >= 4 is 14.1 Å². The minimum atomic E-state index is -1.55. The van der Waals surface area contributed by atoms with E-state index in [1.807, 2.05) is 6.92 Å². The zero-order valence-electron chi connectivity index (χ0n) is 20.9. The van der Waals surface area contributed by atoms with Gasteiger partial charge in [-0.2, -0.15) is 0 Å². The maximum absolute atomic E-state index is 12.4. The third kappa shape index (κ3) is 3.89. The molecule has 0 radical (unpaired) electrons. The standard InChI is InChI=1S/C27H48O2Si/c1-18(2)17-30(6,7)29-21-12-14-26(4)20(16-21)8-9-22-24-11-10-23(19(3)28)27(24,5)15-13-25(22)26/h18,20-25H,8-17H2,1-7H3/t20?,21?,22-,23+,24-,25-,26-,27+/m0/s1. The lowest BCUT2D eigenvalue weighted by Crippen LogP contribution is -2.55. The van der Waals surface area contributed by atoms with Gasteiger partial charge in [-0.05, 0) is 124 Å². The van der Waals surface area contributed by atoms with E-state index < -0.39 is 8.32 Å². The molecule has 4 saturated carbocycles. The van der Waals surface area contributed by atoms with Crippen molar-refractivity contribution in [1.82, 2.24) is 0 Å². The minimum absolute atomic E-state index is 0.295. The molecule has 0 N–H and O–H groups in total. The number of carbonyl (C=O) groups is 1. The summed E-state index contributed by atoms with van der Waals surface area (Å²) in [5.74, 6) is 4.97. The molecule has 0 saturated heterocycles. The molecule has 4 rings (SSSR count). The Kier molecular flexibility index (Phi) is 6.15. The van der Waals surface area contributed by atoms with E-state index in [2.05, 4.69) is 40.8 Å². The Morgan fingerprint density at radius 1 is 0.967 bits per heavy atom. The van der Waals surface area contributed by atoms with Crippen molar-refractivity contribution in [1.29, 1.82) is 0 Å². The van der Waals surface area contributed by atoms with Gasteiger partial charge in [0.15, 0.2) is 8.32 Å². The van der Waals surface area contributed by atoms with Crippen LogP contribution in [-0.2, 0) is 9.22 Å². The zero-order chi connectivity index (χ0) is 21.9. The first-order valence-electron chi connectivity index (χ1n) is 13.1. The molecule has 8 atom stereocenters. The third-order valence-corrected chi connectivity index (χ3v) is 13.3. The van der Waals surface area contributed by atoms with Crippen LogP contribution in [0.4, 0.5) is 0 Å². The molecule has 0 amide bonds. The summed E-state index contributed by atoms with van der Waals surface area (Å²) in [6.45, 7) is 16.5. The van der Waals surface area contributed by atoms with Crippen LogP contribution in [0.25, 0.3) is 0 Å². The second-order valence-corrected chi connectivity index (χ2v) is 17.5. The number of hydrogen-bond acceptors (Lipinski definition) is 2. The zero-order valence-corrected chi connectivity index (χ0v) is 21.9. The van der Waals surface area contributed by atoms with Crippen LogP contribution in [0.1, 0.15) is 92.4 Å². The molecule has 172 valence electrons. The average molecular weight is 433 g/mol. The largest absolute Gasteiger partial charge is 0.414 e. The quantitative estimate of drug-likeness (QED) is 0.421. The van der Waals surface area contributed by atoms with E-state index >= 15 is 0 Å². The molecule has 0 spiro atoms. The molecule has 4 aliphatic rings. The fourth-order valence-electron chi connectivity index (χ4n) is 9.48. The van der Waals surface area contributed by atoms with Crippen LogP contribution in [0.5, 0.6) is 0 Å². The lowest BCUT2D eigenvalue weighted by atomic mass is 9.44. The van der Waals surface area contributed by atoms with Gasteiger partial charge in [-0.1, -0.05) is 27.7 Å². The van der Waals surface area contributed by atoms with Gasteiger partial charge in [0.2, 0.25) is 0 Å². The highest BCUT2D eigenvalue weighted by molar-refractivity contribution is 6.71. The van der Waals surface area contributed by atoms with Crippen LogP contribution in [-0.4, -0.2) is 20.2 Å². The number of hydrogen-bond donors (Lipinski definition) is 0. The van der Waals surface area contributed by atoms with E-state index in [1.54, 1.807) is 0 Å². The summed E-state index contributed by atoms with van der Waals surface area (Å²) in [5, 5.41) is 0. The van der Waals surface area contributed by atoms with Crippen molar-refractivity contribution in [3.63, 3.8) is 0 Å². The van der Waals surface area contributed by atoms with Crippen molar-refractivity contribution < 1.29 is 9.22 Å². The third-order valence-electron chi connectivity index (χ3n) is 10.5. The van der Waals surface area contributed by atoms with Gasteiger partial charge in [-0.15, -0.1) is 0 Å². The van der Waals surface area contributed by atoms with Crippen molar-refractivity contribution in [2.24, 2.45) is 46.3 Å². The van der Waals surface area contributed by atoms with Crippen molar-refractivity contribution in [3.05, 3.63) is 0 Å². The van der Waals surface area contributed by atoms with Crippen LogP contribution in [0.15, 0.2) is 0 Å². The highest BCUT2D eigenvalue weighted by atomic mass is 28.4. The van der Waals surface area contributed by atoms with Gasteiger partial charge in [0.05, 0.1) is 0 Å². The summed E-state index contributed by atoms with van der Waals surface area (Å²) in [4.78, 5) is 12.4. The topological polar surface area (TPSA) is 26.3 Å². The van der Waals surface area contributed by atoms with E-state index in [1.165, 1.54) is 57.4 Å². The van der Waals surface area contributed by atoms with Crippen molar-refractivity contribution in [3.8, 4) is 0 Å². The Labute approximate surface area is 187 Å². The normalized spacial score (nSPS) is 46.3. The molecule has 30 heavy (non-hydrogen) atoms. The predicted octanol–water partition coefficient (Wildman–Crippen LogP) is 7.48. The summed E-state index contributed by atoms with van der Waals surface area (Å²) >= 11 is 0. The summed E-state index contributed by atoms with van der Waals surface area (Å²) in [5.41, 5.74) is 0.811. The summed E-state index contributed by atoms with van der Waals surface area (Å²) < 4.78 is 6.85. The van der Waals surface area contributed by atoms with Gasteiger partial charge < -0.3 is 4.43 Å². The van der Waals surface area contributed by atoms with Gasteiger partial charge in [0, 0.05) is 12.0 Å². The van der Waals surface area contributed by atoms with E-state index in [0.717, 1.165) is 36.0 Å². The molecule has 0 heterocycles. The predicted molar refractivity (Wildman–Crippen MR) is 128 cm³/mol. The first-order chi connectivity index (χ1) is 14.0. The Hall–Kier alpha value is -0.153. The highest BCUT2D eigenvalue weighted by Crippen LogP contribution is 2.67. The first kappa shape index (κ1) is 23.0. The van der Waals surface area contributed by atoms with Crippen LogP contribution >= 0.6 is 0 Å². The fourth-order valence-corrected chi connectivity index (χ4v) is 12.7. The summed E-state index contributed by atoms with van der Waals surface area (Å²) in [7, 11) is -1.55. The van der Waals surface area contributed by atoms with Crippen LogP contribution < -0.4 is 0 Å². The SMILES string of the molecule is CC(=O)[C@H]1CC[C@H]2[C@@H]3CCC4CC(O[Si](C)(C)CC(C)C)CC[C@]4(C)[C@H]3CC[C@]12C. The van der Waals surface area contributed by atoms with Gasteiger partial charge in [0.25, 0.3) is 0 Å². The number of rotatable bonds is 5. The Bertz CT molecular complexity index is 657. The molecular weight excluding hydrogens is 384 g/mol. The van der Waals surface area contributed by atoms with Crippen molar-refractivity contribution in [2.75, 3.05) is 0 Å². The molecule has 0 aromatic rings. The number of Topliss-reactive ketones (excluding diaryl/α,β-unsaturated/α-hetero) is 1. The van der Waals surface area contributed by atoms with Gasteiger partial charge in [-0.25, -0.2) is 0 Å². The van der Waals surface area contributed by atoms with Crippen molar-refractivity contribution in [2.45, 2.75) is 118 Å². The monoisotopic (exact) mass is 432 g/mol. The number of carbonyl (C=O) groups excluding carboxylic acids is 1. The maximum Gasteiger partial charge on any atom is 0.187 e. The maximum atomic E-state index is 12.4. The van der Waals surface area contributed by atoms with E-state index in [4.69, 9.17) is 4.43 Å². The Balaban J connectivity index is 1.46. The Morgan fingerprint density at radius 3 is 2.30 bits per heavy atom. The average Bonchev–Trinajstić information content (AvgIpc) is 2.98. The van der Waals surface area contributed by atoms with Gasteiger partial charge in [-0.3, -0.25) is 4.79 Å². The second-order valence-electron chi connectivity index (χ2n) is 13.3. The molecule has 4 aliphatic carbocycles. The van der Waals surface area contributed by atoms with E-state index in [-0.39, 0.29) is 0 Å². The van der Waals surface area contributed by atoms with Gasteiger partial charge in [0.1, 0.15) is 5.78 Å². The second kappa shape index (κ2) is 8.01. The molecule has 2 nitrogen and oxygen atoms in total. The van der Waals surface area contributed by atoms with E-state index in [0.29, 0.717) is 28.6 Å². The van der Waals surface area contributed by atoms with Crippen LogP contribution in [0.3, 0.4) is 0 Å². The summed E-state index contributed by atoms with van der Waals surface area (Å²) in [6.07, 6.45) is 12.4. The number of ketones is 1. The van der Waals surface area contributed by atoms with E-state index in [9.17, 15) is 4.79 Å². The lowest BCUT2D eigenvalue weighted by molar-refractivity contribution is -0.137. The van der Waals surface area contributed by atoms with Gasteiger partial charge >= 0.3 is 0 Å². The molecule has 4 fully saturated rings. The number of fused-ring (bicyclic) bond motifs is 5. The Morgan fingerprint density at radius 2 is 1.63 bits per heavy atom. The highest BCUT2D eigenvalue weighted by Gasteiger charge is 2.60. The molecule has 0 aliphatic heterocycles. The molecular formula is C27H48O2Si. The molecule has 0 aromatic carbocycles. The first-order valence-corrected chi connectivity index (χ1v) is 16.3. The summed E-state index contributed by atoms with van der Waals surface area (Å²) in [6, 6.07) is 1.29.